The lowest BCUT2D eigenvalue weighted by atomic mass is 10.1. The molecule has 6 aromatic rings. The van der Waals surface area contributed by atoms with E-state index in [0.717, 1.165) is 35.4 Å². The number of hydrogen-bond acceptors (Lipinski definition) is 8. The first-order valence-electron chi connectivity index (χ1n) is 13.4. The van der Waals surface area contributed by atoms with Crippen LogP contribution in [0.1, 0.15) is 11.1 Å². The van der Waals surface area contributed by atoms with Crippen molar-refractivity contribution >= 4 is 55.7 Å². The Hall–Kier alpha value is -5.08. The summed E-state index contributed by atoms with van der Waals surface area (Å²) >= 11 is 2.52. The highest BCUT2D eigenvalue weighted by Gasteiger charge is 2.31. The molecule has 46 heavy (non-hydrogen) atoms. The Bertz CT molecular complexity index is 1870. The van der Waals surface area contributed by atoms with E-state index in [1.165, 1.54) is 46.9 Å². The second kappa shape index (κ2) is 12.7. The molecule has 0 aliphatic heterocycles. The molecule has 4 aromatic carbocycles. The molecule has 0 spiro atoms. The van der Waals surface area contributed by atoms with Gasteiger partial charge < -0.3 is 10.6 Å². The zero-order valence-electron chi connectivity index (χ0n) is 23.3. The van der Waals surface area contributed by atoms with E-state index in [-0.39, 0.29) is 11.4 Å². The Morgan fingerprint density at radius 3 is 1.35 bits per heavy atom. The molecule has 14 heteroatoms. The number of nitrogens with one attached hydrogen (secondary N) is 2. The minimum Gasteiger partial charge on any atom is -0.332 e. The maximum atomic E-state index is 13.1. The zero-order valence-corrected chi connectivity index (χ0v) is 24.9. The molecule has 0 unspecified atom stereocenters. The van der Waals surface area contributed by atoms with E-state index >= 15 is 0 Å². The van der Waals surface area contributed by atoms with Crippen LogP contribution in [0.25, 0.3) is 22.5 Å². The summed E-state index contributed by atoms with van der Waals surface area (Å²) in [6.45, 7) is 0. The van der Waals surface area contributed by atoms with Gasteiger partial charge in [0.1, 0.15) is 0 Å². The molecule has 0 atom stereocenters. The maximum Gasteiger partial charge on any atom is 0.416 e. The molecule has 2 aromatic heterocycles. The molecule has 232 valence electrons. The smallest absolute Gasteiger partial charge is 0.332 e. The number of nitrogens with zero attached hydrogens (tertiary/aromatic N) is 4. The second-order valence-electron chi connectivity index (χ2n) is 9.78. The quantitative estimate of drug-likeness (QED) is 0.125. The van der Waals surface area contributed by atoms with Gasteiger partial charge in [-0.2, -0.15) is 36.6 Å². The van der Waals surface area contributed by atoms with Gasteiger partial charge in [-0.15, -0.1) is 22.7 Å². The summed E-state index contributed by atoms with van der Waals surface area (Å²) in [4.78, 5) is 9.02. The van der Waals surface area contributed by atoms with Gasteiger partial charge in [-0.05, 0) is 60.7 Å². The average molecular weight is 667 g/mol. The predicted molar refractivity (Wildman–Crippen MR) is 169 cm³/mol. The molecule has 0 bridgehead atoms. The van der Waals surface area contributed by atoms with Crippen molar-refractivity contribution in [3.63, 3.8) is 0 Å². The first kappa shape index (κ1) is 30.9. The number of anilines is 4. The fourth-order valence-corrected chi connectivity index (χ4v) is 5.77. The molecule has 0 radical (unpaired) electrons. The van der Waals surface area contributed by atoms with Crippen molar-refractivity contribution in [2.75, 3.05) is 10.6 Å². The van der Waals surface area contributed by atoms with Gasteiger partial charge in [-0.3, -0.25) is 0 Å². The van der Waals surface area contributed by atoms with Crippen molar-refractivity contribution in [2.24, 2.45) is 10.2 Å². The summed E-state index contributed by atoms with van der Waals surface area (Å²) in [5.41, 5.74) is 2.93. The highest BCUT2D eigenvalue weighted by atomic mass is 32.1. The van der Waals surface area contributed by atoms with E-state index in [4.69, 9.17) is 0 Å². The summed E-state index contributed by atoms with van der Waals surface area (Å²) < 4.78 is 78.3. The van der Waals surface area contributed by atoms with Crippen molar-refractivity contribution in [3.8, 4) is 22.5 Å². The first-order chi connectivity index (χ1) is 22.0. The van der Waals surface area contributed by atoms with E-state index in [1.54, 1.807) is 47.2 Å². The number of benzene rings is 4. The van der Waals surface area contributed by atoms with Crippen molar-refractivity contribution in [1.82, 2.24) is 9.97 Å². The molecule has 0 aliphatic rings. The molecule has 6 nitrogen and oxygen atoms in total. The third-order valence-corrected chi connectivity index (χ3v) is 7.97. The van der Waals surface area contributed by atoms with Crippen LogP contribution in [0, 0.1) is 0 Å². The molecule has 0 amide bonds. The number of thiazole rings is 2. The lowest BCUT2D eigenvalue weighted by Gasteiger charge is -2.09. The van der Waals surface area contributed by atoms with Gasteiger partial charge in [0.2, 0.25) is 0 Å². The van der Waals surface area contributed by atoms with Crippen molar-refractivity contribution in [2.45, 2.75) is 12.4 Å². The van der Waals surface area contributed by atoms with Gasteiger partial charge >= 0.3 is 12.4 Å². The van der Waals surface area contributed by atoms with E-state index < -0.39 is 23.5 Å². The number of hydrogen-bond donors (Lipinski definition) is 2. The summed E-state index contributed by atoms with van der Waals surface area (Å²) in [5, 5.41) is 19.0. The summed E-state index contributed by atoms with van der Waals surface area (Å²) in [7, 11) is 0. The van der Waals surface area contributed by atoms with E-state index in [9.17, 15) is 26.3 Å². The summed E-state index contributed by atoms with van der Waals surface area (Å²) in [5.74, 6) is 0. The Morgan fingerprint density at radius 1 is 0.522 bits per heavy atom. The maximum absolute atomic E-state index is 13.1. The third-order valence-electron chi connectivity index (χ3n) is 6.46. The number of azo groups is 1. The van der Waals surface area contributed by atoms with Gasteiger partial charge in [-0.25, -0.2) is 9.97 Å². The van der Waals surface area contributed by atoms with Crippen LogP contribution in [0.3, 0.4) is 0 Å². The van der Waals surface area contributed by atoms with Gasteiger partial charge in [0, 0.05) is 33.3 Å². The van der Waals surface area contributed by atoms with Gasteiger partial charge in [-0.1, -0.05) is 36.4 Å². The highest BCUT2D eigenvalue weighted by molar-refractivity contribution is 7.14. The van der Waals surface area contributed by atoms with Crippen LogP contribution in [-0.2, 0) is 12.4 Å². The van der Waals surface area contributed by atoms with Crippen LogP contribution in [0.4, 0.5) is 59.4 Å². The van der Waals surface area contributed by atoms with Crippen LogP contribution in [-0.4, -0.2) is 9.97 Å². The van der Waals surface area contributed by atoms with Crippen LogP contribution in [0.15, 0.2) is 118 Å². The lowest BCUT2D eigenvalue weighted by Crippen LogP contribution is -2.05. The van der Waals surface area contributed by atoms with E-state index in [0.29, 0.717) is 33.0 Å². The fraction of sp³-hybridized carbons (Fsp3) is 0.0625. The minimum absolute atomic E-state index is 0.279. The van der Waals surface area contributed by atoms with Crippen molar-refractivity contribution in [3.05, 3.63) is 119 Å². The molecule has 6 rings (SSSR count). The molecule has 2 heterocycles. The monoisotopic (exact) mass is 666 g/mol. The van der Waals surface area contributed by atoms with Gasteiger partial charge in [0.25, 0.3) is 0 Å². The summed E-state index contributed by atoms with van der Waals surface area (Å²) in [6, 6.07) is 24.2. The molecule has 2 N–H and O–H groups in total. The van der Waals surface area contributed by atoms with Crippen LogP contribution >= 0.6 is 22.7 Å². The van der Waals surface area contributed by atoms with E-state index in [1.807, 2.05) is 12.1 Å². The van der Waals surface area contributed by atoms with E-state index in [2.05, 4.69) is 30.8 Å². The Kier molecular flexibility index (Phi) is 8.56. The molecule has 0 aliphatic carbocycles. The topological polar surface area (TPSA) is 74.6 Å². The van der Waals surface area contributed by atoms with Crippen molar-refractivity contribution < 1.29 is 26.3 Å². The predicted octanol–water partition coefficient (Wildman–Crippen LogP) is 11.9. The number of rotatable bonds is 8. The fourth-order valence-electron chi connectivity index (χ4n) is 4.29. The molecule has 0 saturated heterocycles. The Labute approximate surface area is 266 Å². The number of alkyl halides is 6. The number of aromatic nitrogens is 2. The lowest BCUT2D eigenvalue weighted by molar-refractivity contribution is -0.138. The average Bonchev–Trinajstić information content (AvgIpc) is 3.70. The Balaban J connectivity index is 1.13. The van der Waals surface area contributed by atoms with Crippen LogP contribution in [0.2, 0.25) is 0 Å². The zero-order chi connectivity index (χ0) is 32.3. The first-order valence-corrected chi connectivity index (χ1v) is 15.2. The third kappa shape index (κ3) is 7.58. The van der Waals surface area contributed by atoms with Crippen LogP contribution in [0.5, 0.6) is 0 Å². The Morgan fingerprint density at radius 2 is 0.935 bits per heavy atom. The largest absolute Gasteiger partial charge is 0.416 e. The standard InChI is InChI=1S/C32H20F6N6S2/c33-31(34,35)21-7-3-9-23(15-21)39-29-41-27(17-45-29)19-5-1-11-25(13-19)43-44-26-12-2-6-20(14-26)28-18-46-30(42-28)40-24-10-4-8-22(16-24)32(36,37)38/h1-18H,(H,39,41)(H,40,42). The molecule has 0 fully saturated rings. The van der Waals surface area contributed by atoms with Gasteiger partial charge in [0.05, 0.1) is 33.9 Å². The molecule has 0 saturated carbocycles. The van der Waals surface area contributed by atoms with Crippen LogP contribution < -0.4 is 10.6 Å². The summed E-state index contributed by atoms with van der Waals surface area (Å²) in [6.07, 6.45) is -8.88. The van der Waals surface area contributed by atoms with Gasteiger partial charge in [0.15, 0.2) is 10.3 Å². The molecular formula is C32H20F6N6S2. The minimum atomic E-state index is -4.44. The second-order valence-corrected chi connectivity index (χ2v) is 11.5. The normalized spacial score (nSPS) is 12.0. The SMILES string of the molecule is FC(F)(F)c1cccc(Nc2nc(-c3cccc(N=Nc4cccc(-c5csc(Nc6cccc(C(F)(F)F)c6)n5)c4)c3)cs2)c1. The number of halogens is 6. The highest BCUT2D eigenvalue weighted by Crippen LogP contribution is 2.35. The van der Waals surface area contributed by atoms with Crippen molar-refractivity contribution in [1.29, 1.82) is 0 Å². The molecular weight excluding hydrogens is 647 g/mol.